The molecule has 2 aromatic carbocycles. The molecule has 1 heterocycles. The number of nitrogens with one attached hydrogen (secondary N) is 2. The predicted molar refractivity (Wildman–Crippen MR) is 114 cm³/mol. The minimum Gasteiger partial charge on any atom is -0.480 e. The number of rotatable bonds is 6. The molecule has 2 amide bonds. The first-order valence-electron chi connectivity index (χ1n) is 8.90. The molecule has 0 spiro atoms. The van der Waals surface area contributed by atoms with Gasteiger partial charge < -0.3 is 21.1 Å². The van der Waals surface area contributed by atoms with Gasteiger partial charge in [-0.15, -0.1) is 0 Å². The standard InChI is InChI=1S/C20H16F3N5O3S/c1-31-19-15(16(24)25-10-26-19)18(30)28-14-8-3-2-7-13(14)17(29)27-11-5-4-6-12(9-11)32-20(21,22)23/h2-10H,1H3,(H,27,29)(H,28,30)(H2,24,25,26). The molecule has 0 fully saturated rings. The van der Waals surface area contributed by atoms with E-state index in [0.717, 1.165) is 6.33 Å². The van der Waals surface area contributed by atoms with E-state index >= 15 is 0 Å². The van der Waals surface area contributed by atoms with Gasteiger partial charge in [0, 0.05) is 10.6 Å². The first kappa shape index (κ1) is 22.9. The summed E-state index contributed by atoms with van der Waals surface area (Å²) in [6, 6.07) is 11.4. The van der Waals surface area contributed by atoms with Crippen LogP contribution in [-0.4, -0.2) is 34.4 Å². The number of nitrogens with two attached hydrogens (primary N) is 1. The number of nitrogen functional groups attached to an aromatic ring is 1. The van der Waals surface area contributed by atoms with Gasteiger partial charge in [0.1, 0.15) is 17.7 Å². The molecular weight excluding hydrogens is 447 g/mol. The molecule has 0 atom stereocenters. The van der Waals surface area contributed by atoms with Gasteiger partial charge in [-0.1, -0.05) is 18.2 Å². The predicted octanol–water partition coefficient (Wildman–Crippen LogP) is 4.18. The van der Waals surface area contributed by atoms with Crippen LogP contribution in [0.5, 0.6) is 5.88 Å². The molecule has 0 aliphatic heterocycles. The Bertz CT molecular complexity index is 1160. The SMILES string of the molecule is COc1ncnc(N)c1C(=O)Nc1ccccc1C(=O)Nc1cccc(SC(F)(F)F)c1. The van der Waals surface area contributed by atoms with Crippen molar-refractivity contribution in [3.63, 3.8) is 0 Å². The summed E-state index contributed by atoms with van der Waals surface area (Å²) in [4.78, 5) is 33.0. The van der Waals surface area contributed by atoms with Gasteiger partial charge in [0.05, 0.1) is 18.4 Å². The van der Waals surface area contributed by atoms with E-state index in [1.165, 1.54) is 43.5 Å². The Balaban J connectivity index is 1.82. The highest BCUT2D eigenvalue weighted by Gasteiger charge is 2.29. The number of hydrogen-bond acceptors (Lipinski definition) is 7. The second-order valence-electron chi connectivity index (χ2n) is 6.17. The maximum absolute atomic E-state index is 12.8. The van der Waals surface area contributed by atoms with Crippen LogP contribution in [-0.2, 0) is 0 Å². The molecule has 0 saturated carbocycles. The highest BCUT2D eigenvalue weighted by molar-refractivity contribution is 8.00. The van der Waals surface area contributed by atoms with E-state index in [1.54, 1.807) is 12.1 Å². The number of thioether (sulfide) groups is 1. The highest BCUT2D eigenvalue weighted by atomic mass is 32.2. The summed E-state index contributed by atoms with van der Waals surface area (Å²) in [5.41, 5.74) is 1.57. The van der Waals surface area contributed by atoms with Crippen LogP contribution in [0.25, 0.3) is 0 Å². The van der Waals surface area contributed by atoms with Crippen molar-refractivity contribution in [3.8, 4) is 5.88 Å². The van der Waals surface area contributed by atoms with Gasteiger partial charge in [-0.05, 0) is 42.1 Å². The topological polar surface area (TPSA) is 119 Å². The molecule has 3 rings (SSSR count). The lowest BCUT2D eigenvalue weighted by molar-refractivity contribution is -0.0328. The number of nitrogens with zero attached hydrogens (tertiary/aromatic N) is 2. The minimum atomic E-state index is -4.45. The molecule has 0 aliphatic carbocycles. The number of anilines is 3. The molecule has 32 heavy (non-hydrogen) atoms. The van der Waals surface area contributed by atoms with Crippen molar-refractivity contribution in [1.29, 1.82) is 0 Å². The number of ether oxygens (including phenoxy) is 1. The molecular formula is C20H16F3N5O3S. The van der Waals surface area contributed by atoms with Gasteiger partial charge >= 0.3 is 5.51 Å². The summed E-state index contributed by atoms with van der Waals surface area (Å²) in [6.07, 6.45) is 1.14. The fourth-order valence-electron chi connectivity index (χ4n) is 2.69. The van der Waals surface area contributed by atoms with Gasteiger partial charge in [-0.25, -0.2) is 9.97 Å². The number of alkyl halides is 3. The van der Waals surface area contributed by atoms with E-state index < -0.39 is 17.3 Å². The summed E-state index contributed by atoms with van der Waals surface area (Å²) in [6.45, 7) is 0. The monoisotopic (exact) mass is 463 g/mol. The molecule has 0 saturated heterocycles. The molecule has 8 nitrogen and oxygen atoms in total. The van der Waals surface area contributed by atoms with Gasteiger partial charge in [0.15, 0.2) is 0 Å². The first-order chi connectivity index (χ1) is 15.2. The van der Waals surface area contributed by atoms with Crippen LogP contribution in [0.2, 0.25) is 0 Å². The Hall–Kier alpha value is -3.80. The van der Waals surface area contributed by atoms with Gasteiger partial charge in [0.2, 0.25) is 5.88 Å². The average Bonchev–Trinajstić information content (AvgIpc) is 2.72. The lowest BCUT2D eigenvalue weighted by Gasteiger charge is -2.13. The molecule has 0 radical (unpaired) electrons. The third-order valence-electron chi connectivity index (χ3n) is 4.01. The Morgan fingerprint density at radius 3 is 2.50 bits per heavy atom. The second-order valence-corrected chi connectivity index (χ2v) is 7.31. The Morgan fingerprint density at radius 1 is 1.03 bits per heavy atom. The van der Waals surface area contributed by atoms with Crippen molar-refractivity contribution < 1.29 is 27.5 Å². The zero-order valence-corrected chi connectivity index (χ0v) is 17.3. The van der Waals surface area contributed by atoms with Crippen molar-refractivity contribution in [3.05, 3.63) is 66.0 Å². The van der Waals surface area contributed by atoms with E-state index in [2.05, 4.69) is 20.6 Å². The molecule has 0 aliphatic rings. The van der Waals surface area contributed by atoms with Crippen LogP contribution in [0, 0.1) is 0 Å². The second kappa shape index (κ2) is 9.56. The molecule has 3 aromatic rings. The summed E-state index contributed by atoms with van der Waals surface area (Å²) in [5.74, 6) is -1.51. The third-order valence-corrected chi connectivity index (χ3v) is 4.73. The van der Waals surface area contributed by atoms with E-state index in [1.807, 2.05) is 0 Å². The average molecular weight is 463 g/mol. The molecule has 0 bridgehead atoms. The van der Waals surface area contributed by atoms with Crippen molar-refractivity contribution >= 4 is 40.8 Å². The Labute approximate surface area is 184 Å². The number of hydrogen-bond donors (Lipinski definition) is 3. The summed E-state index contributed by atoms with van der Waals surface area (Å²) >= 11 is -0.292. The van der Waals surface area contributed by atoms with Crippen molar-refractivity contribution in [1.82, 2.24) is 9.97 Å². The van der Waals surface area contributed by atoms with E-state index in [9.17, 15) is 22.8 Å². The Kier molecular flexibility index (Phi) is 6.83. The Morgan fingerprint density at radius 2 is 1.78 bits per heavy atom. The highest BCUT2D eigenvalue weighted by Crippen LogP contribution is 2.37. The maximum atomic E-state index is 12.8. The van der Waals surface area contributed by atoms with Crippen LogP contribution >= 0.6 is 11.8 Å². The number of methoxy groups -OCH3 is 1. The van der Waals surface area contributed by atoms with Crippen LogP contribution in [0.1, 0.15) is 20.7 Å². The van der Waals surface area contributed by atoms with Gasteiger partial charge in [-0.2, -0.15) is 13.2 Å². The van der Waals surface area contributed by atoms with Crippen molar-refractivity contribution in [2.75, 3.05) is 23.5 Å². The number of amides is 2. The van der Waals surface area contributed by atoms with Crippen LogP contribution in [0.4, 0.5) is 30.4 Å². The molecule has 0 unspecified atom stereocenters. The third kappa shape index (κ3) is 5.66. The maximum Gasteiger partial charge on any atom is 0.446 e. The summed E-state index contributed by atoms with van der Waals surface area (Å²) < 4.78 is 42.9. The largest absolute Gasteiger partial charge is 0.480 e. The van der Waals surface area contributed by atoms with E-state index in [4.69, 9.17) is 10.5 Å². The zero-order chi connectivity index (χ0) is 23.3. The molecule has 1 aromatic heterocycles. The van der Waals surface area contributed by atoms with Crippen LogP contribution in [0.15, 0.2) is 59.8 Å². The first-order valence-corrected chi connectivity index (χ1v) is 9.71. The lowest BCUT2D eigenvalue weighted by atomic mass is 10.1. The van der Waals surface area contributed by atoms with Gasteiger partial charge in [-0.3, -0.25) is 9.59 Å². The van der Waals surface area contributed by atoms with Crippen molar-refractivity contribution in [2.24, 2.45) is 0 Å². The van der Waals surface area contributed by atoms with E-state index in [0.29, 0.717) is 0 Å². The fourth-order valence-corrected chi connectivity index (χ4v) is 3.29. The number of carbonyl (C=O) groups excluding carboxylic acids is 2. The quantitative estimate of drug-likeness (QED) is 0.469. The van der Waals surface area contributed by atoms with E-state index in [-0.39, 0.29) is 50.9 Å². The van der Waals surface area contributed by atoms with Crippen LogP contribution in [0.3, 0.4) is 0 Å². The van der Waals surface area contributed by atoms with Crippen molar-refractivity contribution in [2.45, 2.75) is 10.4 Å². The number of aromatic nitrogens is 2. The zero-order valence-electron chi connectivity index (χ0n) is 16.4. The molecule has 12 heteroatoms. The fraction of sp³-hybridized carbons (Fsp3) is 0.100. The molecule has 4 N–H and O–H groups in total. The number of halogens is 3. The number of carbonyl (C=O) groups is 2. The summed E-state index contributed by atoms with van der Waals surface area (Å²) in [5, 5.41) is 5.09. The lowest BCUT2D eigenvalue weighted by Crippen LogP contribution is -2.20. The molecule has 166 valence electrons. The van der Waals surface area contributed by atoms with Crippen LogP contribution < -0.4 is 21.1 Å². The summed E-state index contributed by atoms with van der Waals surface area (Å²) in [7, 11) is 1.31. The van der Waals surface area contributed by atoms with Gasteiger partial charge in [0.25, 0.3) is 11.8 Å². The minimum absolute atomic E-state index is 0.0455. The normalized spacial score (nSPS) is 11.0. The smallest absolute Gasteiger partial charge is 0.446 e. The number of para-hydroxylation sites is 1. The number of benzene rings is 2.